The number of benzene rings is 1. The number of ether oxygens (including phenoxy) is 1. The molecule has 2 nitrogen and oxygen atoms in total. The van der Waals surface area contributed by atoms with Crippen LogP contribution in [-0.2, 0) is 14.9 Å². The van der Waals surface area contributed by atoms with E-state index in [9.17, 15) is 4.79 Å². The Hall–Kier alpha value is -0.580. The maximum Gasteiger partial charge on any atom is 0.316 e. The Labute approximate surface area is 117 Å². The van der Waals surface area contributed by atoms with E-state index in [0.29, 0.717) is 0 Å². The number of carbonyl (C=O) groups excluding carboxylic acids is 1. The van der Waals surface area contributed by atoms with Crippen LogP contribution < -0.4 is 0 Å². The lowest BCUT2D eigenvalue weighted by Gasteiger charge is -2.28. The molecule has 0 aliphatic rings. The van der Waals surface area contributed by atoms with Crippen molar-refractivity contribution < 1.29 is 9.53 Å². The summed E-state index contributed by atoms with van der Waals surface area (Å²) in [4.78, 5) is 12.1. The molecular weight excluding hydrogens is 327 g/mol. The van der Waals surface area contributed by atoms with Gasteiger partial charge in [0.25, 0.3) is 0 Å². The fourth-order valence-corrected chi connectivity index (χ4v) is 1.75. The third-order valence-electron chi connectivity index (χ3n) is 2.48. The summed E-state index contributed by atoms with van der Waals surface area (Å²) >= 11 is 2.25. The minimum absolute atomic E-state index is 0.189. The molecule has 0 saturated heterocycles. The zero-order chi connectivity index (χ0) is 13.3. The first-order valence-corrected chi connectivity index (χ1v) is 6.70. The van der Waals surface area contributed by atoms with Crippen LogP contribution in [0.25, 0.3) is 0 Å². The number of hydrogen-bond donors (Lipinski definition) is 0. The van der Waals surface area contributed by atoms with Crippen LogP contribution in [0.15, 0.2) is 24.3 Å². The number of hydrogen-bond acceptors (Lipinski definition) is 2. The van der Waals surface area contributed by atoms with Gasteiger partial charge < -0.3 is 4.74 Å². The van der Waals surface area contributed by atoms with E-state index in [1.165, 1.54) is 0 Å². The van der Waals surface area contributed by atoms with Crippen molar-refractivity contribution in [2.45, 2.75) is 45.6 Å². The maximum absolute atomic E-state index is 12.1. The van der Waals surface area contributed by atoms with Crippen molar-refractivity contribution >= 4 is 28.6 Å². The van der Waals surface area contributed by atoms with Crippen LogP contribution in [0.4, 0.5) is 0 Å². The molecule has 1 aromatic carbocycles. The molecule has 94 valence electrons. The fourth-order valence-electron chi connectivity index (χ4n) is 1.39. The van der Waals surface area contributed by atoms with Crippen LogP contribution in [0.5, 0.6) is 0 Å². The molecule has 0 N–H and O–H groups in total. The van der Waals surface area contributed by atoms with Gasteiger partial charge in [-0.2, -0.15) is 0 Å². The molecule has 0 bridgehead atoms. The molecule has 0 heterocycles. The molecule has 0 amide bonds. The van der Waals surface area contributed by atoms with Gasteiger partial charge in [0.15, 0.2) is 0 Å². The Morgan fingerprint density at radius 2 is 1.53 bits per heavy atom. The molecule has 0 atom stereocenters. The first-order valence-electron chi connectivity index (χ1n) is 5.62. The molecular formula is C14H19IO2. The van der Waals surface area contributed by atoms with Crippen LogP contribution in [0.2, 0.25) is 0 Å². The molecule has 0 saturated carbocycles. The fraction of sp³-hybridized carbons (Fsp3) is 0.500. The van der Waals surface area contributed by atoms with E-state index < -0.39 is 11.0 Å². The quantitative estimate of drug-likeness (QED) is 0.600. The highest BCUT2D eigenvalue weighted by molar-refractivity contribution is 14.1. The van der Waals surface area contributed by atoms with Gasteiger partial charge in [0.1, 0.15) is 5.60 Å². The first kappa shape index (κ1) is 14.5. The normalized spacial score (nSPS) is 12.4. The topological polar surface area (TPSA) is 26.3 Å². The van der Waals surface area contributed by atoms with Crippen molar-refractivity contribution in [3.05, 3.63) is 33.4 Å². The largest absolute Gasteiger partial charge is 0.459 e. The van der Waals surface area contributed by atoms with Crippen LogP contribution in [-0.4, -0.2) is 11.6 Å². The molecule has 0 radical (unpaired) electrons. The highest BCUT2D eigenvalue weighted by atomic mass is 127. The molecule has 0 unspecified atom stereocenters. The summed E-state index contributed by atoms with van der Waals surface area (Å²) in [6, 6.07) is 7.96. The average Bonchev–Trinajstić information content (AvgIpc) is 2.15. The van der Waals surface area contributed by atoms with Gasteiger partial charge in [-0.1, -0.05) is 12.1 Å². The second-order valence-corrected chi connectivity index (χ2v) is 6.88. The molecule has 1 aromatic rings. The lowest BCUT2D eigenvalue weighted by molar-refractivity contribution is -0.160. The SMILES string of the molecule is CC(C)(C)OC(=O)C(C)(C)c1ccc(I)cc1. The van der Waals surface area contributed by atoms with Gasteiger partial charge in [0, 0.05) is 3.57 Å². The lowest BCUT2D eigenvalue weighted by Crippen LogP contribution is -2.36. The summed E-state index contributed by atoms with van der Waals surface area (Å²) in [7, 11) is 0. The van der Waals surface area contributed by atoms with E-state index in [4.69, 9.17) is 4.74 Å². The smallest absolute Gasteiger partial charge is 0.316 e. The Morgan fingerprint density at radius 3 is 1.94 bits per heavy atom. The van der Waals surface area contributed by atoms with Gasteiger partial charge in [0.2, 0.25) is 0 Å². The lowest BCUT2D eigenvalue weighted by atomic mass is 9.84. The second-order valence-electron chi connectivity index (χ2n) is 5.63. The highest BCUT2D eigenvalue weighted by Crippen LogP contribution is 2.27. The summed E-state index contributed by atoms with van der Waals surface area (Å²) in [5.41, 5.74) is -0.0815. The number of esters is 1. The molecule has 0 aliphatic carbocycles. The third-order valence-corrected chi connectivity index (χ3v) is 3.19. The number of rotatable bonds is 2. The predicted molar refractivity (Wildman–Crippen MR) is 78.0 cm³/mol. The number of carbonyl (C=O) groups is 1. The van der Waals surface area contributed by atoms with E-state index in [-0.39, 0.29) is 5.97 Å². The average molecular weight is 346 g/mol. The van der Waals surface area contributed by atoms with E-state index in [1.807, 2.05) is 58.9 Å². The van der Waals surface area contributed by atoms with Gasteiger partial charge in [-0.15, -0.1) is 0 Å². The Bertz CT molecular complexity index is 399. The van der Waals surface area contributed by atoms with E-state index in [0.717, 1.165) is 9.13 Å². The van der Waals surface area contributed by atoms with E-state index >= 15 is 0 Å². The predicted octanol–water partition coefficient (Wildman–Crippen LogP) is 3.91. The first-order chi connectivity index (χ1) is 7.63. The Kier molecular flexibility index (Phi) is 4.23. The molecule has 0 fully saturated rings. The van der Waals surface area contributed by atoms with Crippen LogP contribution in [0, 0.1) is 3.57 Å². The summed E-state index contributed by atoms with van der Waals surface area (Å²) < 4.78 is 6.60. The highest BCUT2D eigenvalue weighted by Gasteiger charge is 2.34. The van der Waals surface area contributed by atoms with E-state index in [1.54, 1.807) is 0 Å². The zero-order valence-corrected chi connectivity index (χ0v) is 13.2. The van der Waals surface area contributed by atoms with Gasteiger partial charge >= 0.3 is 5.97 Å². The maximum atomic E-state index is 12.1. The molecule has 0 aromatic heterocycles. The van der Waals surface area contributed by atoms with Crippen LogP contribution in [0.3, 0.4) is 0 Å². The van der Waals surface area contributed by atoms with Crippen molar-refractivity contribution in [3.63, 3.8) is 0 Å². The van der Waals surface area contributed by atoms with Gasteiger partial charge in [0.05, 0.1) is 5.41 Å². The minimum Gasteiger partial charge on any atom is -0.459 e. The van der Waals surface area contributed by atoms with Crippen molar-refractivity contribution in [3.8, 4) is 0 Å². The second kappa shape index (κ2) is 4.96. The van der Waals surface area contributed by atoms with Crippen molar-refractivity contribution in [1.82, 2.24) is 0 Å². The zero-order valence-electron chi connectivity index (χ0n) is 11.0. The Morgan fingerprint density at radius 1 is 1.06 bits per heavy atom. The standard InChI is InChI=1S/C14H19IO2/c1-13(2,3)17-12(16)14(4,5)10-6-8-11(15)9-7-10/h6-9H,1-5H3. The Balaban J connectivity index is 2.94. The molecule has 1 rings (SSSR count). The van der Waals surface area contributed by atoms with Gasteiger partial charge in [-0.25, -0.2) is 0 Å². The molecule has 0 spiro atoms. The molecule has 17 heavy (non-hydrogen) atoms. The van der Waals surface area contributed by atoms with Gasteiger partial charge in [-0.05, 0) is 74.9 Å². The molecule has 3 heteroatoms. The van der Waals surface area contributed by atoms with Crippen LogP contribution >= 0.6 is 22.6 Å². The summed E-state index contributed by atoms with van der Waals surface area (Å²) in [6.45, 7) is 9.44. The third kappa shape index (κ3) is 3.98. The monoisotopic (exact) mass is 346 g/mol. The summed E-state index contributed by atoms with van der Waals surface area (Å²) in [5.74, 6) is -0.189. The van der Waals surface area contributed by atoms with Crippen molar-refractivity contribution in [2.75, 3.05) is 0 Å². The van der Waals surface area contributed by atoms with E-state index in [2.05, 4.69) is 22.6 Å². The summed E-state index contributed by atoms with van der Waals surface area (Å²) in [5, 5.41) is 0. The van der Waals surface area contributed by atoms with Crippen molar-refractivity contribution in [2.24, 2.45) is 0 Å². The minimum atomic E-state index is -0.613. The van der Waals surface area contributed by atoms with Gasteiger partial charge in [-0.3, -0.25) is 4.79 Å². The van der Waals surface area contributed by atoms with Crippen molar-refractivity contribution in [1.29, 1.82) is 0 Å². The number of halogens is 1. The van der Waals surface area contributed by atoms with Crippen LogP contribution in [0.1, 0.15) is 40.2 Å². The summed E-state index contributed by atoms with van der Waals surface area (Å²) in [6.07, 6.45) is 0. The molecule has 0 aliphatic heterocycles.